The first-order valence-corrected chi connectivity index (χ1v) is 7.67. The van der Waals surface area contributed by atoms with E-state index in [0.717, 1.165) is 37.9 Å². The number of urea groups is 1. The first kappa shape index (κ1) is 15.3. The molecule has 1 saturated carbocycles. The van der Waals surface area contributed by atoms with Crippen molar-refractivity contribution in [1.29, 1.82) is 0 Å². The number of hydrogen-bond donors (Lipinski definition) is 3. The zero-order valence-electron chi connectivity index (χ0n) is 10.9. The maximum Gasteiger partial charge on any atom is 0.321 e. The lowest BCUT2D eigenvalue weighted by atomic mass is 10.2. The minimum absolute atomic E-state index is 0.159. The summed E-state index contributed by atoms with van der Waals surface area (Å²) < 4.78 is 0. The molecule has 18 heavy (non-hydrogen) atoms. The first-order valence-electron chi connectivity index (χ1n) is 6.51. The van der Waals surface area contributed by atoms with Crippen molar-refractivity contribution in [1.82, 2.24) is 10.6 Å². The van der Waals surface area contributed by atoms with Crippen molar-refractivity contribution in [2.75, 3.05) is 11.5 Å². The van der Waals surface area contributed by atoms with E-state index in [1.165, 1.54) is 11.8 Å². The summed E-state index contributed by atoms with van der Waals surface area (Å²) in [6.07, 6.45) is 5.24. The molecule has 0 radical (unpaired) electrons. The lowest BCUT2D eigenvalue weighted by Gasteiger charge is -2.12. The molecule has 1 aliphatic carbocycles. The van der Waals surface area contributed by atoms with Crippen LogP contribution in [-0.4, -0.2) is 35.5 Å². The van der Waals surface area contributed by atoms with Crippen LogP contribution in [0, 0.1) is 0 Å². The molecule has 0 aromatic heterocycles. The van der Waals surface area contributed by atoms with E-state index < -0.39 is 0 Å². The van der Waals surface area contributed by atoms with E-state index in [2.05, 4.69) is 10.6 Å². The Kier molecular flexibility index (Phi) is 7.12. The molecule has 0 heterocycles. The molecule has 0 aromatic carbocycles. The fraction of sp³-hybridized carbons (Fsp3) is 0.833. The molecule has 1 atom stereocenters. The topological polar surface area (TPSA) is 84.2 Å². The lowest BCUT2D eigenvalue weighted by Crippen LogP contribution is -2.44. The maximum absolute atomic E-state index is 11.5. The molecule has 4 N–H and O–H groups in total. The van der Waals surface area contributed by atoms with Crippen LogP contribution in [0.4, 0.5) is 4.79 Å². The number of carbonyl (C=O) groups is 2. The molecule has 1 aliphatic rings. The summed E-state index contributed by atoms with van der Waals surface area (Å²) in [4.78, 5) is 22.9. The molecule has 3 amide bonds. The Hall–Kier alpha value is -0.750. The van der Waals surface area contributed by atoms with Gasteiger partial charge in [0.2, 0.25) is 5.91 Å². The van der Waals surface area contributed by atoms with Crippen LogP contribution in [0.25, 0.3) is 0 Å². The summed E-state index contributed by atoms with van der Waals surface area (Å²) in [7, 11) is 0. The van der Waals surface area contributed by atoms with Crippen molar-refractivity contribution in [2.45, 2.75) is 51.1 Å². The summed E-state index contributed by atoms with van der Waals surface area (Å²) in [5.74, 6) is 0.917. The van der Waals surface area contributed by atoms with Crippen LogP contribution in [0.15, 0.2) is 0 Å². The number of carbonyl (C=O) groups excluding carboxylic acids is 2. The third-order valence-electron chi connectivity index (χ3n) is 2.89. The highest BCUT2D eigenvalue weighted by Crippen LogP contribution is 2.17. The van der Waals surface area contributed by atoms with Crippen molar-refractivity contribution in [3.05, 3.63) is 0 Å². The van der Waals surface area contributed by atoms with Crippen molar-refractivity contribution >= 4 is 23.7 Å². The number of nitrogens with two attached hydrogens (primary N) is 1. The Morgan fingerprint density at radius 1 is 1.39 bits per heavy atom. The van der Waals surface area contributed by atoms with Crippen LogP contribution in [0.5, 0.6) is 0 Å². The molecule has 1 fully saturated rings. The fourth-order valence-electron chi connectivity index (χ4n) is 1.89. The van der Waals surface area contributed by atoms with Crippen LogP contribution < -0.4 is 16.4 Å². The van der Waals surface area contributed by atoms with Crippen molar-refractivity contribution < 1.29 is 9.59 Å². The average Bonchev–Trinajstić information content (AvgIpc) is 2.76. The monoisotopic (exact) mass is 273 g/mol. The van der Waals surface area contributed by atoms with Gasteiger partial charge in [-0.2, -0.15) is 11.8 Å². The molecule has 6 heteroatoms. The minimum Gasteiger partial charge on any atom is -0.335 e. The fourth-order valence-corrected chi connectivity index (χ4v) is 2.83. The van der Waals surface area contributed by atoms with Crippen molar-refractivity contribution in [3.8, 4) is 0 Å². The number of hydrogen-bond acceptors (Lipinski definition) is 4. The largest absolute Gasteiger partial charge is 0.335 e. The van der Waals surface area contributed by atoms with Gasteiger partial charge in [-0.1, -0.05) is 12.8 Å². The Balaban J connectivity index is 2.05. The Morgan fingerprint density at radius 3 is 2.67 bits per heavy atom. The highest BCUT2D eigenvalue weighted by molar-refractivity contribution is 7.99. The summed E-state index contributed by atoms with van der Waals surface area (Å²) in [6, 6.07) is 0.0365. The second-order valence-electron chi connectivity index (χ2n) is 4.82. The van der Waals surface area contributed by atoms with Crippen LogP contribution in [0.3, 0.4) is 0 Å². The van der Waals surface area contributed by atoms with Gasteiger partial charge < -0.3 is 11.1 Å². The number of nitrogens with one attached hydrogen (secondary N) is 2. The van der Waals surface area contributed by atoms with Gasteiger partial charge in [-0.05, 0) is 31.9 Å². The summed E-state index contributed by atoms with van der Waals surface area (Å²) >= 11 is 1.50. The zero-order chi connectivity index (χ0) is 13.4. The predicted molar refractivity (Wildman–Crippen MR) is 74.5 cm³/mol. The number of rotatable bonds is 6. The van der Waals surface area contributed by atoms with Gasteiger partial charge in [-0.3, -0.25) is 10.1 Å². The molecule has 1 unspecified atom stereocenters. The SMILES string of the molecule is CC(N)CCSCC(=O)NC(=O)NC1CCCC1. The second kappa shape index (κ2) is 8.37. The summed E-state index contributed by atoms with van der Waals surface area (Å²) in [6.45, 7) is 1.94. The van der Waals surface area contributed by atoms with E-state index in [1.807, 2.05) is 6.92 Å². The standard InChI is InChI=1S/C12H23N3O2S/c1-9(13)6-7-18-8-11(16)15-12(17)14-10-4-2-3-5-10/h9-10H,2-8,13H2,1H3,(H2,14,15,16,17). The van der Waals surface area contributed by atoms with Gasteiger partial charge in [-0.25, -0.2) is 4.79 Å². The average molecular weight is 273 g/mol. The van der Waals surface area contributed by atoms with Gasteiger partial charge >= 0.3 is 6.03 Å². The quantitative estimate of drug-likeness (QED) is 0.635. The number of thioether (sulfide) groups is 1. The van der Waals surface area contributed by atoms with E-state index in [4.69, 9.17) is 5.73 Å². The van der Waals surface area contributed by atoms with Crippen LogP contribution in [0.1, 0.15) is 39.0 Å². The van der Waals surface area contributed by atoms with E-state index in [0.29, 0.717) is 5.75 Å². The van der Waals surface area contributed by atoms with E-state index in [9.17, 15) is 9.59 Å². The number of amides is 3. The zero-order valence-corrected chi connectivity index (χ0v) is 11.7. The van der Waals surface area contributed by atoms with E-state index in [-0.39, 0.29) is 24.0 Å². The molecule has 104 valence electrons. The molecule has 0 bridgehead atoms. The maximum atomic E-state index is 11.5. The van der Waals surface area contributed by atoms with Crippen LogP contribution in [0.2, 0.25) is 0 Å². The van der Waals surface area contributed by atoms with Gasteiger partial charge in [0.05, 0.1) is 5.75 Å². The smallest absolute Gasteiger partial charge is 0.321 e. The van der Waals surface area contributed by atoms with E-state index in [1.54, 1.807) is 0 Å². The van der Waals surface area contributed by atoms with Crippen LogP contribution >= 0.6 is 11.8 Å². The lowest BCUT2D eigenvalue weighted by molar-refractivity contribution is -0.117. The molecule has 5 nitrogen and oxygen atoms in total. The molecular weight excluding hydrogens is 250 g/mol. The second-order valence-corrected chi connectivity index (χ2v) is 5.93. The van der Waals surface area contributed by atoms with E-state index >= 15 is 0 Å². The third-order valence-corrected chi connectivity index (χ3v) is 3.88. The molecule has 0 saturated heterocycles. The normalized spacial score (nSPS) is 17.4. The van der Waals surface area contributed by atoms with Gasteiger partial charge in [0.1, 0.15) is 0 Å². The highest BCUT2D eigenvalue weighted by Gasteiger charge is 2.17. The predicted octanol–water partition coefficient (Wildman–Crippen LogP) is 1.23. The molecule has 0 aliphatic heterocycles. The van der Waals surface area contributed by atoms with Gasteiger partial charge in [-0.15, -0.1) is 0 Å². The first-order chi connectivity index (χ1) is 8.58. The number of imide groups is 1. The Morgan fingerprint density at radius 2 is 2.06 bits per heavy atom. The molecule has 0 aromatic rings. The molecule has 1 rings (SSSR count). The van der Waals surface area contributed by atoms with Crippen molar-refractivity contribution in [3.63, 3.8) is 0 Å². The van der Waals surface area contributed by atoms with Crippen molar-refractivity contribution in [2.24, 2.45) is 5.73 Å². The Bertz CT molecular complexity index is 278. The minimum atomic E-state index is -0.361. The molecular formula is C12H23N3O2S. The molecule has 0 spiro atoms. The summed E-state index contributed by atoms with van der Waals surface area (Å²) in [5.41, 5.74) is 5.60. The third kappa shape index (κ3) is 6.86. The van der Waals surface area contributed by atoms with Gasteiger partial charge in [0.15, 0.2) is 0 Å². The van der Waals surface area contributed by atoms with Gasteiger partial charge in [0, 0.05) is 12.1 Å². The van der Waals surface area contributed by atoms with Gasteiger partial charge in [0.25, 0.3) is 0 Å². The highest BCUT2D eigenvalue weighted by atomic mass is 32.2. The van der Waals surface area contributed by atoms with Crippen LogP contribution in [-0.2, 0) is 4.79 Å². The Labute approximate surface area is 113 Å². The summed E-state index contributed by atoms with van der Waals surface area (Å²) in [5, 5.41) is 5.17.